The van der Waals surface area contributed by atoms with Gasteiger partial charge in [0.1, 0.15) is 0 Å². The van der Waals surface area contributed by atoms with Crippen molar-refractivity contribution in [2.45, 2.75) is 52.0 Å². The number of unbranched alkanes of at least 4 members (excludes halogenated alkanes) is 3. The van der Waals surface area contributed by atoms with E-state index in [4.69, 9.17) is 21.7 Å². The van der Waals surface area contributed by atoms with E-state index in [1.807, 2.05) is 0 Å². The van der Waals surface area contributed by atoms with Crippen molar-refractivity contribution in [1.82, 2.24) is 19.8 Å². The zero-order chi connectivity index (χ0) is 22.2. The highest BCUT2D eigenvalue weighted by Crippen LogP contribution is 2.34. The first-order chi connectivity index (χ1) is 15.0. The third kappa shape index (κ3) is 6.30. The van der Waals surface area contributed by atoms with Crippen LogP contribution >= 0.6 is 12.2 Å². The maximum atomic E-state index is 12.9. The highest BCUT2D eigenvalue weighted by molar-refractivity contribution is 7.71. The first-order valence-corrected chi connectivity index (χ1v) is 11.4. The van der Waals surface area contributed by atoms with Gasteiger partial charge in [-0.2, -0.15) is 0 Å². The highest BCUT2D eigenvalue weighted by Gasteiger charge is 2.17. The number of ether oxygens (including phenoxy) is 2. The normalized spacial score (nSPS) is 12.6. The topological polar surface area (TPSA) is 88.6 Å². The van der Waals surface area contributed by atoms with E-state index in [1.165, 1.54) is 12.8 Å². The number of nitrogens with zero attached hydrogens (tertiary/aromatic N) is 2. The number of amides is 1. The summed E-state index contributed by atoms with van der Waals surface area (Å²) in [6, 6.07) is 3.45. The first-order valence-electron chi connectivity index (χ1n) is 11.0. The van der Waals surface area contributed by atoms with Crippen LogP contribution in [-0.2, 0) is 11.3 Å². The van der Waals surface area contributed by atoms with Crippen LogP contribution in [0.3, 0.4) is 0 Å². The SMILES string of the molecule is CCCCN(C)CCNC(=O)CCCCCn1c(=S)[nH]c2cc3c(cc2c1=O)OCO3. The van der Waals surface area contributed by atoms with Crippen molar-refractivity contribution in [3.8, 4) is 11.5 Å². The van der Waals surface area contributed by atoms with E-state index in [-0.39, 0.29) is 18.3 Å². The van der Waals surface area contributed by atoms with Crippen LogP contribution in [-0.4, -0.2) is 53.8 Å². The summed E-state index contributed by atoms with van der Waals surface area (Å²) in [5, 5.41) is 3.51. The second-order valence-corrected chi connectivity index (χ2v) is 8.34. The lowest BCUT2D eigenvalue weighted by Crippen LogP contribution is -2.33. The van der Waals surface area contributed by atoms with Crippen molar-refractivity contribution in [2.75, 3.05) is 33.5 Å². The van der Waals surface area contributed by atoms with E-state index in [9.17, 15) is 9.59 Å². The number of likely N-dealkylation sites (N-methyl/N-ethyl adjacent to an activating group) is 1. The molecule has 31 heavy (non-hydrogen) atoms. The van der Waals surface area contributed by atoms with E-state index in [0.717, 1.165) is 32.4 Å². The standard InChI is InChI=1S/C22H32N4O4S/c1-3-4-10-25(2)12-9-23-20(27)8-6-5-7-11-26-21(28)16-13-18-19(30-15-29-18)14-17(16)24-22(26)31/h13-14H,3-12,15H2,1-2H3,(H,23,27)(H,24,31). The van der Waals surface area contributed by atoms with Gasteiger partial charge in [-0.15, -0.1) is 0 Å². The van der Waals surface area contributed by atoms with E-state index >= 15 is 0 Å². The maximum absolute atomic E-state index is 12.9. The zero-order valence-corrected chi connectivity index (χ0v) is 19.2. The van der Waals surface area contributed by atoms with Gasteiger partial charge in [-0.3, -0.25) is 14.2 Å². The zero-order valence-electron chi connectivity index (χ0n) is 18.4. The van der Waals surface area contributed by atoms with Crippen molar-refractivity contribution in [3.05, 3.63) is 27.3 Å². The van der Waals surface area contributed by atoms with Crippen LogP contribution in [0.25, 0.3) is 10.9 Å². The Bertz CT molecular complexity index is 1020. The minimum Gasteiger partial charge on any atom is -0.454 e. The molecule has 0 aliphatic carbocycles. The molecule has 0 unspecified atom stereocenters. The van der Waals surface area contributed by atoms with Gasteiger partial charge in [0, 0.05) is 32.1 Å². The molecule has 3 rings (SSSR count). The van der Waals surface area contributed by atoms with Gasteiger partial charge in [0.05, 0.1) is 10.9 Å². The lowest BCUT2D eigenvalue weighted by molar-refractivity contribution is -0.121. The Hall–Kier alpha value is -2.39. The van der Waals surface area contributed by atoms with Crippen LogP contribution in [0.2, 0.25) is 0 Å². The predicted octanol–water partition coefficient (Wildman–Crippen LogP) is 3.20. The summed E-state index contributed by atoms with van der Waals surface area (Å²) < 4.78 is 12.7. The number of aromatic nitrogens is 2. The lowest BCUT2D eigenvalue weighted by Gasteiger charge is -2.16. The fourth-order valence-electron chi connectivity index (χ4n) is 3.59. The van der Waals surface area contributed by atoms with Crippen molar-refractivity contribution in [3.63, 3.8) is 0 Å². The van der Waals surface area contributed by atoms with Crippen LogP contribution in [0.4, 0.5) is 0 Å². The number of carbonyl (C=O) groups is 1. The quantitative estimate of drug-likeness (QED) is 0.383. The average Bonchev–Trinajstić information content (AvgIpc) is 3.20. The van der Waals surface area contributed by atoms with Crippen molar-refractivity contribution >= 4 is 29.0 Å². The van der Waals surface area contributed by atoms with Gasteiger partial charge in [0.15, 0.2) is 16.3 Å². The van der Waals surface area contributed by atoms with Crippen LogP contribution < -0.4 is 20.3 Å². The van der Waals surface area contributed by atoms with E-state index in [0.29, 0.717) is 46.7 Å². The first kappa shape index (κ1) is 23.3. The molecule has 0 radical (unpaired) electrons. The Labute approximate surface area is 187 Å². The van der Waals surface area contributed by atoms with Crippen molar-refractivity contribution in [1.29, 1.82) is 0 Å². The Kier molecular flexibility index (Phi) is 8.48. The molecule has 1 amide bonds. The molecule has 0 bridgehead atoms. The number of hydrogen-bond donors (Lipinski definition) is 2. The predicted molar refractivity (Wildman–Crippen MR) is 123 cm³/mol. The van der Waals surface area contributed by atoms with Crippen molar-refractivity contribution < 1.29 is 14.3 Å². The number of H-pyrrole nitrogens is 1. The molecule has 8 nitrogen and oxygen atoms in total. The molecule has 0 saturated heterocycles. The van der Waals surface area contributed by atoms with Gasteiger partial charge < -0.3 is 24.7 Å². The number of aromatic amines is 1. The number of nitrogens with one attached hydrogen (secondary N) is 2. The summed E-state index contributed by atoms with van der Waals surface area (Å²) in [6.07, 6.45) is 5.28. The molecule has 1 aromatic heterocycles. The number of rotatable bonds is 12. The summed E-state index contributed by atoms with van der Waals surface area (Å²) >= 11 is 5.38. The molecule has 1 aliphatic rings. The van der Waals surface area contributed by atoms with Crippen LogP contribution in [0, 0.1) is 4.77 Å². The van der Waals surface area contributed by atoms with Crippen LogP contribution in [0.5, 0.6) is 11.5 Å². The van der Waals surface area contributed by atoms with E-state index in [2.05, 4.69) is 29.2 Å². The van der Waals surface area contributed by atoms with Crippen LogP contribution in [0.1, 0.15) is 45.4 Å². The Morgan fingerprint density at radius 3 is 2.74 bits per heavy atom. The summed E-state index contributed by atoms with van der Waals surface area (Å²) in [5.41, 5.74) is 0.509. The van der Waals surface area contributed by atoms with E-state index < -0.39 is 0 Å². The van der Waals surface area contributed by atoms with Gasteiger partial charge in [0.25, 0.3) is 5.56 Å². The van der Waals surface area contributed by atoms with Crippen LogP contribution in [0.15, 0.2) is 16.9 Å². The fraction of sp³-hybridized carbons (Fsp3) is 0.591. The third-order valence-electron chi connectivity index (χ3n) is 5.47. The molecule has 1 aromatic carbocycles. The van der Waals surface area contributed by atoms with Gasteiger partial charge in [-0.25, -0.2) is 0 Å². The highest BCUT2D eigenvalue weighted by atomic mass is 32.1. The minimum absolute atomic E-state index is 0.0835. The maximum Gasteiger partial charge on any atom is 0.262 e. The van der Waals surface area contributed by atoms with Gasteiger partial charge in [0.2, 0.25) is 12.7 Å². The Morgan fingerprint density at radius 2 is 1.97 bits per heavy atom. The minimum atomic E-state index is -0.137. The number of benzene rings is 1. The second-order valence-electron chi connectivity index (χ2n) is 7.96. The Morgan fingerprint density at radius 1 is 1.19 bits per heavy atom. The second kappa shape index (κ2) is 11.3. The fourth-order valence-corrected chi connectivity index (χ4v) is 3.88. The molecule has 1 aliphatic heterocycles. The smallest absolute Gasteiger partial charge is 0.262 e. The summed E-state index contributed by atoms with van der Waals surface area (Å²) in [7, 11) is 2.08. The Balaban J connectivity index is 1.43. The molecular formula is C22H32N4O4S. The molecule has 2 heterocycles. The summed E-state index contributed by atoms with van der Waals surface area (Å²) in [5.74, 6) is 1.27. The summed E-state index contributed by atoms with van der Waals surface area (Å²) in [6.45, 7) is 5.46. The largest absolute Gasteiger partial charge is 0.454 e. The number of fused-ring (bicyclic) bond motifs is 2. The van der Waals surface area contributed by atoms with E-state index in [1.54, 1.807) is 16.7 Å². The van der Waals surface area contributed by atoms with Crippen molar-refractivity contribution in [2.24, 2.45) is 0 Å². The van der Waals surface area contributed by atoms with Gasteiger partial charge in [-0.1, -0.05) is 19.8 Å². The van der Waals surface area contributed by atoms with Gasteiger partial charge in [-0.05, 0) is 51.1 Å². The molecule has 0 fully saturated rings. The van der Waals surface area contributed by atoms with Gasteiger partial charge >= 0.3 is 0 Å². The number of hydrogen-bond acceptors (Lipinski definition) is 6. The molecule has 0 saturated carbocycles. The lowest BCUT2D eigenvalue weighted by atomic mass is 10.2. The molecule has 2 N–H and O–H groups in total. The average molecular weight is 449 g/mol. The monoisotopic (exact) mass is 448 g/mol. The third-order valence-corrected chi connectivity index (χ3v) is 5.79. The molecule has 0 spiro atoms. The summed E-state index contributed by atoms with van der Waals surface area (Å²) in [4.78, 5) is 30.2. The molecule has 9 heteroatoms. The molecule has 0 atom stereocenters. The molecule has 170 valence electrons. The molecule has 2 aromatic rings. The number of carbonyl (C=O) groups excluding carboxylic acids is 1. The molecular weight excluding hydrogens is 416 g/mol.